The molecule has 0 atom stereocenters. The van der Waals surface area contributed by atoms with Gasteiger partial charge in [0.25, 0.3) is 0 Å². The van der Waals surface area contributed by atoms with Crippen molar-refractivity contribution in [2.24, 2.45) is 7.05 Å². The number of hydrogen-bond donors (Lipinski definition) is 1. The molecule has 0 amide bonds. The number of nitrogens with one attached hydrogen (secondary N) is 1. The summed E-state index contributed by atoms with van der Waals surface area (Å²) in [6, 6.07) is 6.41. The average molecular weight is 309 g/mol. The Kier molecular flexibility index (Phi) is 3.34. The van der Waals surface area contributed by atoms with Gasteiger partial charge in [0.2, 0.25) is 0 Å². The van der Waals surface area contributed by atoms with E-state index in [1.54, 1.807) is 24.7 Å². The SMILES string of the molecule is Cc1nn(C)c(Nc2ccc(F)cc2Br)c1C#N. The molecule has 0 aliphatic rings. The molecule has 0 saturated carbocycles. The topological polar surface area (TPSA) is 53.6 Å². The van der Waals surface area contributed by atoms with E-state index in [1.807, 2.05) is 0 Å². The highest BCUT2D eigenvalue weighted by Crippen LogP contribution is 2.28. The largest absolute Gasteiger partial charge is 0.338 e. The number of rotatable bonds is 2. The maximum absolute atomic E-state index is 13.0. The molecule has 0 fully saturated rings. The van der Waals surface area contributed by atoms with Gasteiger partial charge in [-0.25, -0.2) is 4.39 Å². The number of anilines is 2. The molecule has 0 spiro atoms. The Balaban J connectivity index is 2.43. The summed E-state index contributed by atoms with van der Waals surface area (Å²) >= 11 is 3.27. The van der Waals surface area contributed by atoms with Gasteiger partial charge in [-0.1, -0.05) is 0 Å². The van der Waals surface area contributed by atoms with Crippen molar-refractivity contribution in [3.63, 3.8) is 0 Å². The minimum atomic E-state index is -0.325. The van der Waals surface area contributed by atoms with Crippen molar-refractivity contribution in [1.82, 2.24) is 9.78 Å². The number of halogens is 2. The molecule has 1 N–H and O–H groups in total. The standard InChI is InChI=1S/C12H10BrFN4/c1-7-9(6-15)12(18(2)17-7)16-11-4-3-8(14)5-10(11)13/h3-5,16H,1-2H3. The second-order valence-electron chi connectivity index (χ2n) is 3.79. The van der Waals surface area contributed by atoms with Crippen LogP contribution >= 0.6 is 15.9 Å². The Morgan fingerprint density at radius 1 is 1.50 bits per heavy atom. The highest BCUT2D eigenvalue weighted by atomic mass is 79.9. The normalized spacial score (nSPS) is 10.2. The summed E-state index contributed by atoms with van der Waals surface area (Å²) in [5.41, 5.74) is 1.81. The van der Waals surface area contributed by atoms with E-state index in [0.717, 1.165) is 0 Å². The Morgan fingerprint density at radius 3 is 2.83 bits per heavy atom. The van der Waals surface area contributed by atoms with E-state index in [-0.39, 0.29) is 5.82 Å². The van der Waals surface area contributed by atoms with E-state index in [9.17, 15) is 4.39 Å². The molecule has 92 valence electrons. The third-order valence-electron chi connectivity index (χ3n) is 2.52. The molecule has 0 aliphatic carbocycles. The van der Waals surface area contributed by atoms with Gasteiger partial charge in [0.15, 0.2) is 0 Å². The van der Waals surface area contributed by atoms with Gasteiger partial charge in [-0.2, -0.15) is 10.4 Å². The molecule has 0 saturated heterocycles. The fraction of sp³-hybridized carbons (Fsp3) is 0.167. The van der Waals surface area contributed by atoms with Crippen molar-refractivity contribution < 1.29 is 4.39 Å². The molecule has 0 bridgehead atoms. The van der Waals surface area contributed by atoms with Crippen LogP contribution in [0.25, 0.3) is 0 Å². The zero-order chi connectivity index (χ0) is 13.3. The number of hydrogen-bond acceptors (Lipinski definition) is 3. The van der Waals surface area contributed by atoms with Gasteiger partial charge < -0.3 is 5.32 Å². The molecular weight excluding hydrogens is 299 g/mol. The molecule has 6 heteroatoms. The molecular formula is C12H10BrFN4. The van der Waals surface area contributed by atoms with Gasteiger partial charge in [0.05, 0.1) is 11.4 Å². The molecule has 18 heavy (non-hydrogen) atoms. The van der Waals surface area contributed by atoms with E-state index in [1.165, 1.54) is 12.1 Å². The van der Waals surface area contributed by atoms with Crippen LogP contribution in [0.1, 0.15) is 11.3 Å². The van der Waals surface area contributed by atoms with Crippen molar-refractivity contribution in [1.29, 1.82) is 5.26 Å². The van der Waals surface area contributed by atoms with Crippen LogP contribution in [-0.4, -0.2) is 9.78 Å². The summed E-state index contributed by atoms with van der Waals surface area (Å²) in [5, 5.41) is 16.3. The van der Waals surface area contributed by atoms with E-state index in [2.05, 4.69) is 32.4 Å². The maximum atomic E-state index is 13.0. The smallest absolute Gasteiger partial charge is 0.146 e. The van der Waals surface area contributed by atoms with Gasteiger partial charge in [0.1, 0.15) is 23.3 Å². The minimum absolute atomic E-state index is 0.325. The second kappa shape index (κ2) is 4.78. The lowest BCUT2D eigenvalue weighted by Gasteiger charge is -2.09. The Morgan fingerprint density at radius 2 is 2.22 bits per heavy atom. The van der Waals surface area contributed by atoms with E-state index >= 15 is 0 Å². The maximum Gasteiger partial charge on any atom is 0.146 e. The van der Waals surface area contributed by atoms with Crippen molar-refractivity contribution >= 4 is 27.4 Å². The van der Waals surface area contributed by atoms with Crippen LogP contribution < -0.4 is 5.32 Å². The lowest BCUT2D eigenvalue weighted by Crippen LogP contribution is -2.01. The van der Waals surface area contributed by atoms with Crippen LogP contribution in [0.3, 0.4) is 0 Å². The van der Waals surface area contributed by atoms with Gasteiger partial charge in [-0.15, -0.1) is 0 Å². The summed E-state index contributed by atoms with van der Waals surface area (Å²) in [7, 11) is 1.74. The van der Waals surface area contributed by atoms with Crippen molar-refractivity contribution in [2.45, 2.75) is 6.92 Å². The van der Waals surface area contributed by atoms with Crippen LogP contribution in [0.4, 0.5) is 15.9 Å². The molecule has 1 aromatic carbocycles. The lowest BCUT2D eigenvalue weighted by atomic mass is 10.2. The van der Waals surface area contributed by atoms with E-state index < -0.39 is 0 Å². The molecule has 0 aliphatic heterocycles. The summed E-state index contributed by atoms with van der Waals surface area (Å²) < 4.78 is 15.2. The van der Waals surface area contributed by atoms with Crippen molar-refractivity contribution in [3.05, 3.63) is 39.7 Å². The van der Waals surface area contributed by atoms with E-state index in [0.29, 0.717) is 27.2 Å². The van der Waals surface area contributed by atoms with Crippen molar-refractivity contribution in [3.8, 4) is 6.07 Å². The number of nitrogens with zero attached hydrogens (tertiary/aromatic N) is 3. The molecule has 4 nitrogen and oxygen atoms in total. The number of aromatic nitrogens is 2. The van der Waals surface area contributed by atoms with Crippen LogP contribution in [0, 0.1) is 24.1 Å². The third kappa shape index (κ3) is 2.22. The second-order valence-corrected chi connectivity index (χ2v) is 4.65. The summed E-state index contributed by atoms with van der Waals surface area (Å²) in [5.74, 6) is 0.261. The first-order valence-corrected chi connectivity index (χ1v) is 5.98. The van der Waals surface area contributed by atoms with Crippen LogP contribution in [0.15, 0.2) is 22.7 Å². The Hall–Kier alpha value is -1.87. The highest BCUT2D eigenvalue weighted by molar-refractivity contribution is 9.10. The van der Waals surface area contributed by atoms with Crippen LogP contribution in [0.5, 0.6) is 0 Å². The zero-order valence-corrected chi connectivity index (χ0v) is 11.4. The number of nitriles is 1. The third-order valence-corrected chi connectivity index (χ3v) is 3.17. The predicted octanol–water partition coefficient (Wildman–Crippen LogP) is 3.25. The summed E-state index contributed by atoms with van der Waals surface area (Å²) in [6.07, 6.45) is 0. The Labute approximate surface area is 112 Å². The average Bonchev–Trinajstić information content (AvgIpc) is 2.57. The monoisotopic (exact) mass is 308 g/mol. The van der Waals surface area contributed by atoms with Gasteiger partial charge in [-0.05, 0) is 41.1 Å². The number of benzene rings is 1. The molecule has 0 radical (unpaired) electrons. The molecule has 2 aromatic rings. The fourth-order valence-electron chi connectivity index (χ4n) is 1.65. The lowest BCUT2D eigenvalue weighted by molar-refractivity contribution is 0.627. The number of aryl methyl sites for hydroxylation is 2. The van der Waals surface area contributed by atoms with Gasteiger partial charge in [0, 0.05) is 11.5 Å². The quantitative estimate of drug-likeness (QED) is 0.926. The highest BCUT2D eigenvalue weighted by Gasteiger charge is 2.14. The van der Waals surface area contributed by atoms with Gasteiger partial charge >= 0.3 is 0 Å². The van der Waals surface area contributed by atoms with Crippen molar-refractivity contribution in [2.75, 3.05) is 5.32 Å². The minimum Gasteiger partial charge on any atom is -0.338 e. The van der Waals surface area contributed by atoms with Crippen LogP contribution in [0.2, 0.25) is 0 Å². The fourth-order valence-corrected chi connectivity index (χ4v) is 2.10. The zero-order valence-electron chi connectivity index (χ0n) is 9.83. The molecule has 1 heterocycles. The molecule has 1 aromatic heterocycles. The predicted molar refractivity (Wildman–Crippen MR) is 70.0 cm³/mol. The first kappa shape index (κ1) is 12.6. The first-order chi connectivity index (χ1) is 8.52. The first-order valence-electron chi connectivity index (χ1n) is 5.18. The molecule has 0 unspecified atom stereocenters. The molecule has 2 rings (SSSR count). The summed E-state index contributed by atoms with van der Waals surface area (Å²) in [4.78, 5) is 0. The van der Waals surface area contributed by atoms with Gasteiger partial charge in [-0.3, -0.25) is 4.68 Å². The summed E-state index contributed by atoms with van der Waals surface area (Å²) in [6.45, 7) is 1.77. The Bertz CT molecular complexity index is 642. The van der Waals surface area contributed by atoms with E-state index in [4.69, 9.17) is 5.26 Å². The van der Waals surface area contributed by atoms with Crippen LogP contribution in [-0.2, 0) is 7.05 Å².